The van der Waals surface area contributed by atoms with E-state index in [-0.39, 0.29) is 11.0 Å². The van der Waals surface area contributed by atoms with Crippen LogP contribution in [0.1, 0.15) is 56.6 Å². The summed E-state index contributed by atoms with van der Waals surface area (Å²) in [5.74, 6) is 2.32. The summed E-state index contributed by atoms with van der Waals surface area (Å²) < 4.78 is 5.41. The summed E-state index contributed by atoms with van der Waals surface area (Å²) in [5, 5.41) is 11.2. The van der Waals surface area contributed by atoms with Crippen molar-refractivity contribution in [3.63, 3.8) is 0 Å². The molecule has 4 atom stereocenters. The number of benzene rings is 1. The Morgan fingerprint density at radius 3 is 2.87 bits per heavy atom. The highest BCUT2D eigenvalue weighted by Gasteiger charge is 2.65. The highest BCUT2D eigenvalue weighted by atomic mass is 16.5. The summed E-state index contributed by atoms with van der Waals surface area (Å²) in [6.45, 7) is 2.38. The lowest BCUT2D eigenvalue weighted by Crippen LogP contribution is -2.49. The van der Waals surface area contributed by atoms with Gasteiger partial charge in [0, 0.05) is 5.41 Å². The Balaban J connectivity index is 1.63. The molecule has 1 N–H and O–H groups in total. The molecule has 0 aromatic heterocycles. The topological polar surface area (TPSA) is 29.5 Å². The Morgan fingerprint density at radius 2 is 2.04 bits per heavy atom. The predicted octanol–water partition coefficient (Wildman–Crippen LogP) is 4.36. The number of aryl methyl sites for hydroxylation is 1. The van der Waals surface area contributed by atoms with E-state index in [4.69, 9.17) is 4.74 Å². The molecule has 23 heavy (non-hydrogen) atoms. The Hall–Kier alpha value is -1.28. The van der Waals surface area contributed by atoms with Gasteiger partial charge >= 0.3 is 0 Å². The van der Waals surface area contributed by atoms with Crippen LogP contribution in [-0.4, -0.2) is 17.8 Å². The fraction of sp³-hybridized carbons (Fsp3) is 0.619. The molecule has 2 fully saturated rings. The minimum atomic E-state index is -0.388. The third kappa shape index (κ3) is 1.63. The van der Waals surface area contributed by atoms with Crippen LogP contribution >= 0.6 is 0 Å². The lowest BCUT2D eigenvalue weighted by Gasteiger charge is -2.51. The fourth-order valence-electron chi connectivity index (χ4n) is 6.55. The van der Waals surface area contributed by atoms with Gasteiger partial charge in [-0.25, -0.2) is 0 Å². The molecule has 2 bridgehead atoms. The summed E-state index contributed by atoms with van der Waals surface area (Å²) in [5.41, 5.74) is 5.95. The maximum Gasteiger partial charge on any atom is 0.119 e. The zero-order chi connectivity index (χ0) is 15.8. The van der Waals surface area contributed by atoms with Crippen molar-refractivity contribution in [2.75, 3.05) is 7.11 Å². The number of hydrogen-bond acceptors (Lipinski definition) is 2. The molecule has 0 radical (unpaired) electrons. The SMILES string of the molecule is COc1ccc2c(c1)CCC1=C2CC[C@@]2(C)[C@@H]1[C@@H]1CC[C@@]2(O)C1. The quantitative estimate of drug-likeness (QED) is 0.835. The molecule has 0 spiro atoms. The molecular formula is C21H26O2. The van der Waals surface area contributed by atoms with Crippen LogP contribution in [0.4, 0.5) is 0 Å². The van der Waals surface area contributed by atoms with Gasteiger partial charge in [0.2, 0.25) is 0 Å². The lowest BCUT2D eigenvalue weighted by molar-refractivity contribution is -0.0808. The van der Waals surface area contributed by atoms with Crippen molar-refractivity contribution in [3.05, 3.63) is 34.9 Å². The van der Waals surface area contributed by atoms with Crippen LogP contribution in [0.25, 0.3) is 5.57 Å². The zero-order valence-electron chi connectivity index (χ0n) is 14.2. The van der Waals surface area contributed by atoms with E-state index in [1.165, 1.54) is 24.0 Å². The summed E-state index contributed by atoms with van der Waals surface area (Å²) in [6, 6.07) is 6.60. The number of fused-ring (bicyclic) bond motifs is 8. The minimum Gasteiger partial charge on any atom is -0.497 e. The van der Waals surface area contributed by atoms with E-state index in [0.717, 1.165) is 43.8 Å². The van der Waals surface area contributed by atoms with Gasteiger partial charge in [0.1, 0.15) is 5.75 Å². The Bertz CT molecular complexity index is 719. The molecule has 1 aromatic rings. The van der Waals surface area contributed by atoms with Gasteiger partial charge in [-0.2, -0.15) is 0 Å². The third-order valence-corrected chi connectivity index (χ3v) is 7.71. The number of allylic oxidation sites excluding steroid dienone is 2. The molecule has 2 saturated carbocycles. The fourth-order valence-corrected chi connectivity index (χ4v) is 6.55. The van der Waals surface area contributed by atoms with Gasteiger partial charge in [-0.3, -0.25) is 0 Å². The van der Waals surface area contributed by atoms with E-state index >= 15 is 0 Å². The minimum absolute atomic E-state index is 0.124. The first-order valence-corrected chi connectivity index (χ1v) is 9.17. The standard InChI is InChI=1S/C21H26O2/c1-20-9-8-17-16-6-4-15(23-2)11-13(16)3-5-18(17)19(20)14-7-10-21(20,22)12-14/h4,6,11,14,19,22H,3,5,7-10,12H2,1-2H3/t14-,19-,20+,21-/m1/s1. The van der Waals surface area contributed by atoms with Crippen molar-refractivity contribution < 1.29 is 9.84 Å². The van der Waals surface area contributed by atoms with Crippen molar-refractivity contribution in [1.82, 2.24) is 0 Å². The molecule has 0 aliphatic heterocycles. The number of ether oxygens (including phenoxy) is 1. The van der Waals surface area contributed by atoms with Crippen molar-refractivity contribution in [1.29, 1.82) is 0 Å². The van der Waals surface area contributed by atoms with Crippen molar-refractivity contribution in [2.45, 2.75) is 57.5 Å². The van der Waals surface area contributed by atoms with Gasteiger partial charge in [-0.1, -0.05) is 18.6 Å². The monoisotopic (exact) mass is 310 g/mol. The molecule has 5 rings (SSSR count). The summed E-state index contributed by atoms with van der Waals surface area (Å²) >= 11 is 0. The Labute approximate surface area is 138 Å². The molecule has 0 heterocycles. The van der Waals surface area contributed by atoms with Gasteiger partial charge < -0.3 is 9.84 Å². The number of methoxy groups -OCH3 is 1. The van der Waals surface area contributed by atoms with E-state index in [1.54, 1.807) is 18.3 Å². The first-order chi connectivity index (χ1) is 11.1. The van der Waals surface area contributed by atoms with E-state index in [0.29, 0.717) is 5.92 Å². The second-order valence-corrected chi connectivity index (χ2v) is 8.46. The number of rotatable bonds is 1. The van der Waals surface area contributed by atoms with E-state index in [2.05, 4.69) is 25.1 Å². The van der Waals surface area contributed by atoms with Crippen LogP contribution in [0, 0.1) is 17.3 Å². The van der Waals surface area contributed by atoms with E-state index in [1.807, 2.05) is 0 Å². The maximum absolute atomic E-state index is 11.2. The maximum atomic E-state index is 11.2. The smallest absolute Gasteiger partial charge is 0.119 e. The molecule has 122 valence electrons. The van der Waals surface area contributed by atoms with Crippen LogP contribution in [0.3, 0.4) is 0 Å². The average molecular weight is 310 g/mol. The van der Waals surface area contributed by atoms with Crippen molar-refractivity contribution >= 4 is 5.57 Å². The molecule has 4 aliphatic carbocycles. The highest BCUT2D eigenvalue weighted by Crippen LogP contribution is 2.69. The molecule has 2 heteroatoms. The van der Waals surface area contributed by atoms with Crippen LogP contribution in [-0.2, 0) is 6.42 Å². The molecule has 1 aromatic carbocycles. The molecule has 0 unspecified atom stereocenters. The van der Waals surface area contributed by atoms with Crippen LogP contribution in [0.15, 0.2) is 23.8 Å². The molecule has 0 saturated heterocycles. The van der Waals surface area contributed by atoms with Gasteiger partial charge in [0.15, 0.2) is 0 Å². The molecule has 2 nitrogen and oxygen atoms in total. The van der Waals surface area contributed by atoms with Gasteiger partial charge in [0.25, 0.3) is 0 Å². The van der Waals surface area contributed by atoms with Crippen molar-refractivity contribution in [3.8, 4) is 5.75 Å². The second kappa shape index (κ2) is 4.42. The van der Waals surface area contributed by atoms with Crippen LogP contribution < -0.4 is 4.74 Å². The number of aliphatic hydroxyl groups is 1. The number of hydrogen-bond donors (Lipinski definition) is 1. The summed E-state index contributed by atoms with van der Waals surface area (Å²) in [7, 11) is 1.75. The van der Waals surface area contributed by atoms with Crippen LogP contribution in [0.5, 0.6) is 5.75 Å². The first kappa shape index (κ1) is 14.1. The van der Waals surface area contributed by atoms with Crippen LogP contribution in [0.2, 0.25) is 0 Å². The zero-order valence-corrected chi connectivity index (χ0v) is 14.2. The lowest BCUT2D eigenvalue weighted by atomic mass is 9.55. The average Bonchev–Trinajstić information content (AvgIpc) is 3.06. The predicted molar refractivity (Wildman–Crippen MR) is 91.4 cm³/mol. The highest BCUT2D eigenvalue weighted by molar-refractivity contribution is 5.75. The largest absolute Gasteiger partial charge is 0.497 e. The van der Waals surface area contributed by atoms with Gasteiger partial charge in [-0.05, 0) is 85.6 Å². The normalized spacial score (nSPS) is 40.7. The molecular weight excluding hydrogens is 284 g/mol. The summed E-state index contributed by atoms with van der Waals surface area (Å²) in [6.07, 6.45) is 7.89. The van der Waals surface area contributed by atoms with E-state index in [9.17, 15) is 5.11 Å². The van der Waals surface area contributed by atoms with E-state index < -0.39 is 0 Å². The summed E-state index contributed by atoms with van der Waals surface area (Å²) in [4.78, 5) is 0. The van der Waals surface area contributed by atoms with Gasteiger partial charge in [-0.15, -0.1) is 0 Å². The Kier molecular flexibility index (Phi) is 2.71. The second-order valence-electron chi connectivity index (χ2n) is 8.46. The van der Waals surface area contributed by atoms with Crippen molar-refractivity contribution in [2.24, 2.45) is 17.3 Å². The molecule has 4 aliphatic rings. The first-order valence-electron chi connectivity index (χ1n) is 9.17. The third-order valence-electron chi connectivity index (χ3n) is 7.71. The van der Waals surface area contributed by atoms with Gasteiger partial charge in [0.05, 0.1) is 12.7 Å². The molecule has 0 amide bonds. The Morgan fingerprint density at radius 1 is 1.17 bits per heavy atom.